The minimum absolute atomic E-state index is 0.0784. The molecular formula is C8H14ClN3O3S. The Morgan fingerprint density at radius 3 is 2.50 bits per heavy atom. The van der Waals surface area contributed by atoms with Crippen molar-refractivity contribution in [2.75, 3.05) is 13.7 Å². The second-order valence-electron chi connectivity index (χ2n) is 3.54. The molecule has 0 saturated heterocycles. The fraction of sp³-hybridized carbons (Fsp3) is 0.750. The number of nitrogens with zero attached hydrogens (tertiary/aromatic N) is 3. The zero-order valence-corrected chi connectivity index (χ0v) is 10.9. The molecule has 6 nitrogen and oxygen atoms in total. The Labute approximate surface area is 99.0 Å². The molecule has 1 rings (SSSR count). The summed E-state index contributed by atoms with van der Waals surface area (Å²) in [4.78, 5) is 0. The number of hydrogen-bond acceptors (Lipinski definition) is 5. The van der Waals surface area contributed by atoms with Crippen molar-refractivity contribution in [2.45, 2.75) is 31.5 Å². The van der Waals surface area contributed by atoms with Crippen molar-refractivity contribution in [3.8, 4) is 0 Å². The van der Waals surface area contributed by atoms with Crippen LogP contribution in [0.5, 0.6) is 0 Å². The van der Waals surface area contributed by atoms with Gasteiger partial charge in [0.2, 0.25) is 0 Å². The summed E-state index contributed by atoms with van der Waals surface area (Å²) in [6.07, 6.45) is 0.494. The number of rotatable bonds is 5. The van der Waals surface area contributed by atoms with Crippen LogP contribution in [0.3, 0.4) is 0 Å². The van der Waals surface area contributed by atoms with E-state index in [4.69, 9.17) is 15.4 Å². The minimum atomic E-state index is -3.86. The molecule has 0 amide bonds. The monoisotopic (exact) mass is 267 g/mol. The summed E-state index contributed by atoms with van der Waals surface area (Å²) in [7, 11) is 2.98. The summed E-state index contributed by atoms with van der Waals surface area (Å²) in [6.45, 7) is 4.13. The molecule has 0 atom stereocenters. The Hall–Kier alpha value is -0.660. The van der Waals surface area contributed by atoms with Crippen molar-refractivity contribution < 1.29 is 13.2 Å². The van der Waals surface area contributed by atoms with Gasteiger partial charge in [-0.15, -0.1) is 10.2 Å². The van der Waals surface area contributed by atoms with Gasteiger partial charge in [-0.25, -0.2) is 8.42 Å². The molecule has 1 heterocycles. The van der Waals surface area contributed by atoms with Crippen LogP contribution in [0.25, 0.3) is 0 Å². The molecule has 8 heteroatoms. The van der Waals surface area contributed by atoms with Crippen LogP contribution in [0.2, 0.25) is 0 Å². The van der Waals surface area contributed by atoms with Gasteiger partial charge in [-0.05, 0) is 13.8 Å². The molecule has 1 aromatic heterocycles. The van der Waals surface area contributed by atoms with Crippen LogP contribution in [0.15, 0.2) is 5.16 Å². The standard InChI is InChI=1S/C8H14ClN3O3S/c1-6(2)12-7(4-5-15-3)10-11-8(12)16(9,13)14/h6H,4-5H2,1-3H3. The van der Waals surface area contributed by atoms with E-state index < -0.39 is 9.05 Å². The third-order valence-electron chi connectivity index (χ3n) is 2.00. The Kier molecular flexibility index (Phi) is 4.28. The van der Waals surface area contributed by atoms with Gasteiger partial charge in [-0.1, -0.05) is 0 Å². The fourth-order valence-electron chi connectivity index (χ4n) is 1.36. The highest BCUT2D eigenvalue weighted by molar-refractivity contribution is 8.13. The van der Waals surface area contributed by atoms with E-state index in [1.807, 2.05) is 13.8 Å². The Balaban J connectivity index is 3.18. The average Bonchev–Trinajstić information content (AvgIpc) is 2.57. The van der Waals surface area contributed by atoms with Gasteiger partial charge < -0.3 is 4.74 Å². The van der Waals surface area contributed by atoms with Crippen molar-refractivity contribution in [3.05, 3.63) is 5.82 Å². The first kappa shape index (κ1) is 13.4. The van der Waals surface area contributed by atoms with E-state index in [0.29, 0.717) is 18.9 Å². The summed E-state index contributed by atoms with van der Waals surface area (Å²) >= 11 is 0. The van der Waals surface area contributed by atoms with E-state index >= 15 is 0 Å². The molecule has 92 valence electrons. The van der Waals surface area contributed by atoms with Crippen molar-refractivity contribution in [1.29, 1.82) is 0 Å². The van der Waals surface area contributed by atoms with Gasteiger partial charge in [0.1, 0.15) is 5.82 Å². The molecule has 0 aliphatic rings. The number of hydrogen-bond donors (Lipinski definition) is 0. The summed E-state index contributed by atoms with van der Waals surface area (Å²) in [6, 6.07) is -0.0784. The third-order valence-corrected chi connectivity index (χ3v) is 3.13. The van der Waals surface area contributed by atoms with E-state index in [2.05, 4.69) is 10.2 Å². The van der Waals surface area contributed by atoms with Crippen LogP contribution >= 0.6 is 10.7 Å². The fourth-order valence-corrected chi connectivity index (χ4v) is 2.36. The van der Waals surface area contributed by atoms with Crippen molar-refractivity contribution in [3.63, 3.8) is 0 Å². The zero-order valence-electron chi connectivity index (χ0n) is 9.34. The van der Waals surface area contributed by atoms with Crippen molar-refractivity contribution >= 4 is 19.7 Å². The normalized spacial score (nSPS) is 12.3. The van der Waals surface area contributed by atoms with Gasteiger partial charge in [0.15, 0.2) is 0 Å². The lowest BCUT2D eigenvalue weighted by Crippen LogP contribution is -2.13. The molecule has 0 saturated carbocycles. The maximum absolute atomic E-state index is 11.3. The predicted octanol–water partition coefficient (Wildman–Crippen LogP) is 0.975. The number of ether oxygens (including phenoxy) is 1. The van der Waals surface area contributed by atoms with Gasteiger partial charge in [0.05, 0.1) is 6.61 Å². The SMILES string of the molecule is COCCc1nnc(S(=O)(=O)Cl)n1C(C)C. The van der Waals surface area contributed by atoms with Crippen molar-refractivity contribution in [2.24, 2.45) is 0 Å². The van der Waals surface area contributed by atoms with Gasteiger partial charge in [0, 0.05) is 30.3 Å². The van der Waals surface area contributed by atoms with Gasteiger partial charge in [-0.3, -0.25) is 4.57 Å². The smallest absolute Gasteiger partial charge is 0.296 e. The Bertz CT molecular complexity index is 455. The molecule has 0 radical (unpaired) electrons. The van der Waals surface area contributed by atoms with Gasteiger partial charge >= 0.3 is 0 Å². The van der Waals surface area contributed by atoms with Crippen LogP contribution in [-0.2, 0) is 20.2 Å². The summed E-state index contributed by atoms with van der Waals surface area (Å²) in [5.41, 5.74) is 0. The largest absolute Gasteiger partial charge is 0.384 e. The first-order chi connectivity index (χ1) is 7.38. The van der Waals surface area contributed by atoms with Crippen LogP contribution in [0, 0.1) is 0 Å². The molecule has 0 aromatic carbocycles. The summed E-state index contributed by atoms with van der Waals surface area (Å²) in [5, 5.41) is 7.20. The minimum Gasteiger partial charge on any atom is -0.384 e. The lowest BCUT2D eigenvalue weighted by Gasteiger charge is -2.11. The molecule has 0 aliphatic heterocycles. The lowest BCUT2D eigenvalue weighted by molar-refractivity contribution is 0.199. The van der Waals surface area contributed by atoms with E-state index in [1.165, 1.54) is 4.57 Å². The predicted molar refractivity (Wildman–Crippen MR) is 59.0 cm³/mol. The van der Waals surface area contributed by atoms with Crippen LogP contribution in [0.4, 0.5) is 0 Å². The maximum atomic E-state index is 11.3. The molecule has 1 aromatic rings. The lowest BCUT2D eigenvalue weighted by atomic mass is 10.3. The summed E-state index contributed by atoms with van der Waals surface area (Å²) in [5.74, 6) is 0.552. The highest BCUT2D eigenvalue weighted by Crippen LogP contribution is 2.19. The quantitative estimate of drug-likeness (QED) is 0.744. The van der Waals surface area contributed by atoms with Crippen LogP contribution < -0.4 is 0 Å². The van der Waals surface area contributed by atoms with Gasteiger partial charge in [-0.2, -0.15) is 0 Å². The molecule has 0 fully saturated rings. The van der Waals surface area contributed by atoms with Crippen LogP contribution in [0.1, 0.15) is 25.7 Å². The zero-order chi connectivity index (χ0) is 12.3. The molecular weight excluding hydrogens is 254 g/mol. The first-order valence-electron chi connectivity index (χ1n) is 4.75. The number of halogens is 1. The second-order valence-corrected chi connectivity index (χ2v) is 6.00. The Morgan fingerprint density at radius 1 is 1.44 bits per heavy atom. The topological polar surface area (TPSA) is 74.1 Å². The highest BCUT2D eigenvalue weighted by atomic mass is 35.7. The molecule has 0 unspecified atom stereocenters. The van der Waals surface area contributed by atoms with Crippen LogP contribution in [-0.4, -0.2) is 36.9 Å². The summed E-state index contributed by atoms with van der Waals surface area (Å²) < 4.78 is 28.9. The van der Waals surface area contributed by atoms with Crippen molar-refractivity contribution in [1.82, 2.24) is 14.8 Å². The second kappa shape index (κ2) is 5.11. The average molecular weight is 268 g/mol. The molecule has 0 spiro atoms. The maximum Gasteiger partial charge on any atom is 0.296 e. The number of aromatic nitrogens is 3. The first-order valence-corrected chi connectivity index (χ1v) is 7.06. The molecule has 16 heavy (non-hydrogen) atoms. The number of methoxy groups -OCH3 is 1. The molecule has 0 N–H and O–H groups in total. The highest BCUT2D eigenvalue weighted by Gasteiger charge is 2.23. The molecule has 0 aliphatic carbocycles. The van der Waals surface area contributed by atoms with E-state index in [1.54, 1.807) is 7.11 Å². The van der Waals surface area contributed by atoms with E-state index in [9.17, 15) is 8.42 Å². The van der Waals surface area contributed by atoms with E-state index in [0.717, 1.165) is 0 Å². The molecule has 0 bridgehead atoms. The third kappa shape index (κ3) is 2.93. The van der Waals surface area contributed by atoms with Gasteiger partial charge in [0.25, 0.3) is 14.2 Å². The Morgan fingerprint density at radius 2 is 2.06 bits per heavy atom. The van der Waals surface area contributed by atoms with E-state index in [-0.39, 0.29) is 11.2 Å².